The minimum atomic E-state index is -0.419. The first-order valence-electron chi connectivity index (χ1n) is 6.96. The van der Waals surface area contributed by atoms with Crippen molar-refractivity contribution in [1.82, 2.24) is 5.32 Å². The molecule has 2 rings (SSSR count). The SMILES string of the molecule is CC(C)(C)OC(=O)NC1CC(Cc2ccccc2)C1. The van der Waals surface area contributed by atoms with Gasteiger partial charge in [-0.1, -0.05) is 30.3 Å². The lowest BCUT2D eigenvalue weighted by Crippen LogP contribution is -2.46. The van der Waals surface area contributed by atoms with Crippen molar-refractivity contribution < 1.29 is 9.53 Å². The Hall–Kier alpha value is -1.51. The van der Waals surface area contributed by atoms with E-state index in [1.807, 2.05) is 26.8 Å². The lowest BCUT2D eigenvalue weighted by molar-refractivity contribution is 0.0452. The zero-order chi connectivity index (χ0) is 13.9. The summed E-state index contributed by atoms with van der Waals surface area (Å²) >= 11 is 0. The Balaban J connectivity index is 1.68. The Labute approximate surface area is 115 Å². The highest BCUT2D eigenvalue weighted by molar-refractivity contribution is 5.68. The summed E-state index contributed by atoms with van der Waals surface area (Å²) in [4.78, 5) is 11.6. The van der Waals surface area contributed by atoms with Crippen LogP contribution >= 0.6 is 0 Å². The normalized spacial score (nSPS) is 22.5. The average molecular weight is 261 g/mol. The first-order valence-corrected chi connectivity index (χ1v) is 6.96. The third kappa shape index (κ3) is 4.58. The molecule has 0 heterocycles. The molecule has 0 bridgehead atoms. The number of carbonyl (C=O) groups is 1. The monoisotopic (exact) mass is 261 g/mol. The van der Waals surface area contributed by atoms with Crippen LogP contribution in [0.25, 0.3) is 0 Å². The van der Waals surface area contributed by atoms with Gasteiger partial charge in [0.2, 0.25) is 0 Å². The zero-order valence-corrected chi connectivity index (χ0v) is 12.0. The van der Waals surface area contributed by atoms with Gasteiger partial charge in [0.1, 0.15) is 5.60 Å². The van der Waals surface area contributed by atoms with E-state index in [9.17, 15) is 4.79 Å². The number of hydrogen-bond acceptors (Lipinski definition) is 2. The van der Waals surface area contributed by atoms with Crippen LogP contribution in [0.15, 0.2) is 30.3 Å². The molecule has 0 aliphatic heterocycles. The summed E-state index contributed by atoms with van der Waals surface area (Å²) in [6.07, 6.45) is 2.91. The molecule has 0 spiro atoms. The van der Waals surface area contributed by atoms with Crippen molar-refractivity contribution >= 4 is 6.09 Å². The molecular formula is C16H23NO2. The van der Waals surface area contributed by atoms with Gasteiger partial charge in [-0.05, 0) is 51.5 Å². The van der Waals surface area contributed by atoms with Crippen LogP contribution in [0.1, 0.15) is 39.2 Å². The third-order valence-electron chi connectivity index (χ3n) is 3.32. The van der Waals surface area contributed by atoms with E-state index in [0.29, 0.717) is 5.92 Å². The Morgan fingerprint density at radius 1 is 1.26 bits per heavy atom. The topological polar surface area (TPSA) is 38.3 Å². The average Bonchev–Trinajstić information content (AvgIpc) is 2.25. The third-order valence-corrected chi connectivity index (χ3v) is 3.32. The summed E-state index contributed by atoms with van der Waals surface area (Å²) < 4.78 is 5.25. The van der Waals surface area contributed by atoms with Crippen molar-refractivity contribution in [3.05, 3.63) is 35.9 Å². The second-order valence-corrected chi connectivity index (χ2v) is 6.37. The maximum Gasteiger partial charge on any atom is 0.407 e. The van der Waals surface area contributed by atoms with Gasteiger partial charge < -0.3 is 10.1 Å². The lowest BCUT2D eigenvalue weighted by Gasteiger charge is -2.36. The van der Waals surface area contributed by atoms with Gasteiger partial charge in [0.05, 0.1) is 0 Å². The van der Waals surface area contributed by atoms with E-state index in [2.05, 4.69) is 29.6 Å². The molecule has 3 heteroatoms. The summed E-state index contributed by atoms with van der Waals surface area (Å²) in [7, 11) is 0. The van der Waals surface area contributed by atoms with Crippen LogP contribution in [0.3, 0.4) is 0 Å². The Kier molecular flexibility index (Phi) is 4.13. The van der Waals surface area contributed by atoms with Gasteiger partial charge in [-0.3, -0.25) is 0 Å². The van der Waals surface area contributed by atoms with E-state index in [0.717, 1.165) is 19.3 Å². The first-order chi connectivity index (χ1) is 8.92. The van der Waals surface area contributed by atoms with Gasteiger partial charge in [-0.2, -0.15) is 0 Å². The van der Waals surface area contributed by atoms with Gasteiger partial charge in [-0.25, -0.2) is 4.79 Å². The number of amides is 1. The van der Waals surface area contributed by atoms with Crippen LogP contribution in [0.2, 0.25) is 0 Å². The number of hydrogen-bond donors (Lipinski definition) is 1. The summed E-state index contributed by atoms with van der Waals surface area (Å²) in [6.45, 7) is 5.64. The van der Waals surface area contributed by atoms with Crippen molar-refractivity contribution in [2.24, 2.45) is 5.92 Å². The van der Waals surface area contributed by atoms with Gasteiger partial charge >= 0.3 is 6.09 Å². The molecule has 19 heavy (non-hydrogen) atoms. The van der Waals surface area contributed by atoms with Crippen molar-refractivity contribution in [2.45, 2.75) is 51.7 Å². The second-order valence-electron chi connectivity index (χ2n) is 6.37. The highest BCUT2D eigenvalue weighted by Gasteiger charge is 2.31. The highest BCUT2D eigenvalue weighted by atomic mass is 16.6. The summed E-state index contributed by atoms with van der Waals surface area (Å²) in [5.41, 5.74) is 0.959. The number of benzene rings is 1. The van der Waals surface area contributed by atoms with Gasteiger partial charge in [0, 0.05) is 6.04 Å². The molecular weight excluding hydrogens is 238 g/mol. The van der Waals surface area contributed by atoms with E-state index >= 15 is 0 Å². The molecule has 0 aromatic heterocycles. The molecule has 0 atom stereocenters. The number of carbonyl (C=O) groups excluding carboxylic acids is 1. The molecule has 0 unspecified atom stereocenters. The molecule has 1 fully saturated rings. The minimum Gasteiger partial charge on any atom is -0.444 e. The fraction of sp³-hybridized carbons (Fsp3) is 0.562. The molecule has 1 aliphatic carbocycles. The molecule has 1 aromatic carbocycles. The first kappa shape index (κ1) is 13.9. The summed E-state index contributed by atoms with van der Waals surface area (Å²) in [5, 5.41) is 2.93. The Morgan fingerprint density at radius 2 is 1.89 bits per heavy atom. The van der Waals surface area contributed by atoms with E-state index in [-0.39, 0.29) is 12.1 Å². The molecule has 1 amide bonds. The van der Waals surface area contributed by atoms with Crippen molar-refractivity contribution in [3.8, 4) is 0 Å². The maximum atomic E-state index is 11.6. The molecule has 1 N–H and O–H groups in total. The van der Waals surface area contributed by atoms with Crippen molar-refractivity contribution in [3.63, 3.8) is 0 Å². The number of alkyl carbamates (subject to hydrolysis) is 1. The highest BCUT2D eigenvalue weighted by Crippen LogP contribution is 2.30. The number of ether oxygens (including phenoxy) is 1. The fourth-order valence-electron chi connectivity index (χ4n) is 2.44. The lowest BCUT2D eigenvalue weighted by atomic mass is 9.77. The van der Waals surface area contributed by atoms with Crippen LogP contribution in [0, 0.1) is 5.92 Å². The Bertz CT molecular complexity index is 416. The van der Waals surface area contributed by atoms with Crippen molar-refractivity contribution in [2.75, 3.05) is 0 Å². The smallest absolute Gasteiger partial charge is 0.407 e. The van der Waals surface area contributed by atoms with E-state index < -0.39 is 5.60 Å². The minimum absolute atomic E-state index is 0.281. The largest absolute Gasteiger partial charge is 0.444 e. The van der Waals surface area contributed by atoms with Crippen LogP contribution < -0.4 is 5.32 Å². The molecule has 1 aromatic rings. The molecule has 0 radical (unpaired) electrons. The van der Waals surface area contributed by atoms with E-state index in [1.165, 1.54) is 5.56 Å². The van der Waals surface area contributed by atoms with Gasteiger partial charge in [0.15, 0.2) is 0 Å². The maximum absolute atomic E-state index is 11.6. The molecule has 104 valence electrons. The summed E-state index contributed by atoms with van der Waals surface area (Å²) in [6, 6.07) is 10.8. The molecule has 3 nitrogen and oxygen atoms in total. The van der Waals surface area contributed by atoms with E-state index in [4.69, 9.17) is 4.74 Å². The molecule has 1 saturated carbocycles. The van der Waals surface area contributed by atoms with Crippen LogP contribution in [-0.2, 0) is 11.2 Å². The van der Waals surface area contributed by atoms with Crippen molar-refractivity contribution in [1.29, 1.82) is 0 Å². The standard InChI is InChI=1S/C16H23NO2/c1-16(2,3)19-15(18)17-14-10-13(11-14)9-12-7-5-4-6-8-12/h4-8,13-14H,9-11H2,1-3H3,(H,17,18). The quantitative estimate of drug-likeness (QED) is 0.904. The van der Waals surface area contributed by atoms with Gasteiger partial charge in [0.25, 0.3) is 0 Å². The predicted octanol–water partition coefficient (Wildman–Crippen LogP) is 3.53. The van der Waals surface area contributed by atoms with E-state index in [1.54, 1.807) is 0 Å². The van der Waals surface area contributed by atoms with Crippen LogP contribution in [-0.4, -0.2) is 17.7 Å². The second kappa shape index (κ2) is 5.64. The number of nitrogens with one attached hydrogen (secondary N) is 1. The molecule has 1 aliphatic rings. The van der Waals surface area contributed by atoms with Crippen LogP contribution in [0.5, 0.6) is 0 Å². The zero-order valence-electron chi connectivity index (χ0n) is 12.0. The fourth-order valence-corrected chi connectivity index (χ4v) is 2.44. The predicted molar refractivity (Wildman–Crippen MR) is 76.0 cm³/mol. The summed E-state index contributed by atoms with van der Waals surface area (Å²) in [5.74, 6) is 0.683. The molecule has 0 saturated heterocycles. The van der Waals surface area contributed by atoms with Gasteiger partial charge in [-0.15, -0.1) is 0 Å². The Morgan fingerprint density at radius 3 is 2.47 bits per heavy atom. The number of rotatable bonds is 3. The van der Waals surface area contributed by atoms with Crippen LogP contribution in [0.4, 0.5) is 4.79 Å².